The number of fused-ring (bicyclic) bond motifs is 1. The Morgan fingerprint density at radius 3 is 2.67 bits per heavy atom. The lowest BCUT2D eigenvalue weighted by molar-refractivity contribution is -0.110. The van der Waals surface area contributed by atoms with Gasteiger partial charge >= 0.3 is 0 Å². The first-order valence-corrected chi connectivity index (χ1v) is 9.71. The highest BCUT2D eigenvalue weighted by Crippen LogP contribution is 2.35. The molecule has 0 saturated heterocycles. The molecule has 0 saturated carbocycles. The summed E-state index contributed by atoms with van der Waals surface area (Å²) in [4.78, 5) is 12.3. The second-order valence-electron chi connectivity index (χ2n) is 6.21. The van der Waals surface area contributed by atoms with Crippen molar-refractivity contribution in [2.24, 2.45) is 0 Å². The first-order valence-electron chi connectivity index (χ1n) is 8.23. The molecular weight excluding hydrogens is 364 g/mol. The van der Waals surface area contributed by atoms with E-state index in [1.54, 1.807) is 42.5 Å². The SMILES string of the molecule is Cc1cccc(NS(=O)(=O)c2ccc3c(c2)/C(=C\c2ccco2)C(=O)N3)c1. The van der Waals surface area contributed by atoms with Crippen LogP contribution in [0, 0.1) is 6.92 Å². The molecule has 7 heteroatoms. The van der Waals surface area contributed by atoms with Crippen LogP contribution in [0.5, 0.6) is 0 Å². The number of amides is 1. The highest BCUT2D eigenvalue weighted by molar-refractivity contribution is 7.92. The zero-order valence-electron chi connectivity index (χ0n) is 14.4. The van der Waals surface area contributed by atoms with Crippen LogP contribution >= 0.6 is 0 Å². The third-order valence-corrected chi connectivity index (χ3v) is 5.56. The molecule has 6 nitrogen and oxygen atoms in total. The largest absolute Gasteiger partial charge is 0.465 e. The van der Waals surface area contributed by atoms with E-state index in [-0.39, 0.29) is 10.8 Å². The van der Waals surface area contributed by atoms with E-state index < -0.39 is 10.0 Å². The molecular formula is C20H16N2O4S. The standard InChI is InChI=1S/C20H16N2O4S/c1-13-4-2-5-14(10-13)22-27(24,25)16-7-8-19-17(12-16)18(20(23)21-19)11-15-6-3-9-26-15/h2-12,22H,1H3,(H,21,23)/b18-11+. The van der Waals surface area contributed by atoms with Gasteiger partial charge in [0.1, 0.15) is 5.76 Å². The van der Waals surface area contributed by atoms with Crippen molar-refractivity contribution in [1.82, 2.24) is 0 Å². The van der Waals surface area contributed by atoms with Crippen molar-refractivity contribution in [3.8, 4) is 0 Å². The summed E-state index contributed by atoms with van der Waals surface area (Å²) in [6.07, 6.45) is 3.10. The van der Waals surface area contributed by atoms with E-state index >= 15 is 0 Å². The number of rotatable bonds is 4. The Balaban J connectivity index is 1.72. The van der Waals surface area contributed by atoms with Gasteiger partial charge in [-0.1, -0.05) is 12.1 Å². The topological polar surface area (TPSA) is 88.4 Å². The van der Waals surface area contributed by atoms with Crippen molar-refractivity contribution in [2.45, 2.75) is 11.8 Å². The Morgan fingerprint density at radius 1 is 1.07 bits per heavy atom. The van der Waals surface area contributed by atoms with Gasteiger partial charge in [-0.15, -0.1) is 0 Å². The van der Waals surface area contributed by atoms with E-state index in [4.69, 9.17) is 4.42 Å². The summed E-state index contributed by atoms with van der Waals surface area (Å²) in [6.45, 7) is 1.89. The number of hydrogen-bond acceptors (Lipinski definition) is 4. The zero-order valence-corrected chi connectivity index (χ0v) is 15.2. The summed E-state index contributed by atoms with van der Waals surface area (Å²) in [5.74, 6) is 0.210. The van der Waals surface area contributed by atoms with Crippen LogP contribution < -0.4 is 10.0 Å². The number of aryl methyl sites for hydroxylation is 1. The fourth-order valence-corrected chi connectivity index (χ4v) is 3.99. The van der Waals surface area contributed by atoms with Crippen molar-refractivity contribution in [3.05, 3.63) is 77.7 Å². The molecule has 0 unspecified atom stereocenters. The van der Waals surface area contributed by atoms with Gasteiger partial charge in [-0.25, -0.2) is 8.42 Å². The summed E-state index contributed by atoms with van der Waals surface area (Å²) < 4.78 is 33.4. The molecule has 0 fully saturated rings. The minimum atomic E-state index is -3.79. The van der Waals surface area contributed by atoms with Crippen LogP contribution in [0.25, 0.3) is 11.6 Å². The maximum absolute atomic E-state index is 12.8. The molecule has 3 aromatic rings. The van der Waals surface area contributed by atoms with Crippen molar-refractivity contribution in [2.75, 3.05) is 10.0 Å². The highest BCUT2D eigenvalue weighted by Gasteiger charge is 2.27. The van der Waals surface area contributed by atoms with Gasteiger partial charge in [0.15, 0.2) is 0 Å². The molecule has 2 heterocycles. The predicted octanol–water partition coefficient (Wildman–Crippen LogP) is 3.88. The monoisotopic (exact) mass is 380 g/mol. The lowest BCUT2D eigenvalue weighted by atomic mass is 10.1. The number of furan rings is 1. The average Bonchev–Trinajstić information content (AvgIpc) is 3.23. The minimum absolute atomic E-state index is 0.0737. The van der Waals surface area contributed by atoms with Crippen LogP contribution in [-0.2, 0) is 14.8 Å². The third-order valence-electron chi connectivity index (χ3n) is 4.18. The molecule has 1 aliphatic rings. The van der Waals surface area contributed by atoms with E-state index in [0.717, 1.165) is 5.56 Å². The number of anilines is 2. The Kier molecular flexibility index (Phi) is 4.08. The molecule has 0 bridgehead atoms. The first-order chi connectivity index (χ1) is 12.9. The molecule has 0 aliphatic carbocycles. The molecule has 1 aromatic heterocycles. The quantitative estimate of drug-likeness (QED) is 0.672. The summed E-state index contributed by atoms with van der Waals surface area (Å²) in [5, 5.41) is 2.73. The number of carbonyl (C=O) groups is 1. The van der Waals surface area contributed by atoms with Crippen LogP contribution in [-0.4, -0.2) is 14.3 Å². The van der Waals surface area contributed by atoms with Crippen LogP contribution in [0.3, 0.4) is 0 Å². The van der Waals surface area contributed by atoms with E-state index in [1.807, 2.05) is 13.0 Å². The minimum Gasteiger partial charge on any atom is -0.465 e. The van der Waals surface area contributed by atoms with Crippen LogP contribution in [0.4, 0.5) is 11.4 Å². The molecule has 27 heavy (non-hydrogen) atoms. The summed E-state index contributed by atoms with van der Waals surface area (Å²) >= 11 is 0. The molecule has 0 radical (unpaired) electrons. The van der Waals surface area contributed by atoms with E-state index in [0.29, 0.717) is 28.3 Å². The van der Waals surface area contributed by atoms with Gasteiger partial charge in [0.05, 0.1) is 16.7 Å². The van der Waals surface area contributed by atoms with Crippen molar-refractivity contribution in [3.63, 3.8) is 0 Å². The van der Waals surface area contributed by atoms with Gasteiger partial charge in [0, 0.05) is 16.9 Å². The maximum atomic E-state index is 12.8. The molecule has 136 valence electrons. The van der Waals surface area contributed by atoms with Crippen molar-refractivity contribution >= 4 is 39.0 Å². The second-order valence-corrected chi connectivity index (χ2v) is 7.89. The predicted molar refractivity (Wildman–Crippen MR) is 104 cm³/mol. The summed E-state index contributed by atoms with van der Waals surface area (Å²) in [5.41, 5.74) is 2.86. The van der Waals surface area contributed by atoms with Gasteiger partial charge in [-0.3, -0.25) is 9.52 Å². The van der Waals surface area contributed by atoms with Gasteiger partial charge < -0.3 is 9.73 Å². The van der Waals surface area contributed by atoms with Crippen LogP contribution in [0.1, 0.15) is 16.9 Å². The van der Waals surface area contributed by atoms with Crippen molar-refractivity contribution < 1.29 is 17.6 Å². The molecule has 4 rings (SSSR count). The molecule has 1 aliphatic heterocycles. The number of benzene rings is 2. The fraction of sp³-hybridized carbons (Fsp3) is 0.0500. The average molecular weight is 380 g/mol. The van der Waals surface area contributed by atoms with Gasteiger partial charge in [0.25, 0.3) is 15.9 Å². The number of hydrogen-bond donors (Lipinski definition) is 2. The molecule has 0 atom stereocenters. The Labute approximate surface area is 156 Å². The lowest BCUT2D eigenvalue weighted by Gasteiger charge is -2.10. The lowest BCUT2D eigenvalue weighted by Crippen LogP contribution is -2.13. The van der Waals surface area contributed by atoms with E-state index in [9.17, 15) is 13.2 Å². The van der Waals surface area contributed by atoms with E-state index in [2.05, 4.69) is 10.0 Å². The Bertz CT molecular complexity index is 1160. The normalized spacial score (nSPS) is 14.9. The van der Waals surface area contributed by atoms with Gasteiger partial charge in [-0.05, 0) is 61.0 Å². The van der Waals surface area contributed by atoms with Crippen molar-refractivity contribution in [1.29, 1.82) is 0 Å². The number of sulfonamides is 1. The smallest absolute Gasteiger partial charge is 0.261 e. The molecule has 1 amide bonds. The Hall–Kier alpha value is -3.32. The van der Waals surface area contributed by atoms with Gasteiger partial charge in [-0.2, -0.15) is 0 Å². The first kappa shape index (κ1) is 17.1. The van der Waals surface area contributed by atoms with Crippen LogP contribution in [0.2, 0.25) is 0 Å². The third kappa shape index (κ3) is 3.37. The number of carbonyl (C=O) groups excluding carboxylic acids is 1. The second kappa shape index (κ2) is 6.44. The molecule has 2 aromatic carbocycles. The maximum Gasteiger partial charge on any atom is 0.261 e. The Morgan fingerprint density at radius 2 is 1.93 bits per heavy atom. The number of nitrogens with one attached hydrogen (secondary N) is 2. The molecule has 0 spiro atoms. The highest BCUT2D eigenvalue weighted by atomic mass is 32.2. The zero-order chi connectivity index (χ0) is 19.0. The summed E-state index contributed by atoms with van der Waals surface area (Å²) in [7, 11) is -3.79. The van der Waals surface area contributed by atoms with Gasteiger partial charge in [0.2, 0.25) is 0 Å². The summed E-state index contributed by atoms with van der Waals surface area (Å²) in [6, 6.07) is 15.1. The van der Waals surface area contributed by atoms with Crippen LogP contribution in [0.15, 0.2) is 70.2 Å². The van der Waals surface area contributed by atoms with E-state index in [1.165, 1.54) is 18.4 Å². The fourth-order valence-electron chi connectivity index (χ4n) is 2.92. The molecule has 2 N–H and O–H groups in total.